The Morgan fingerprint density at radius 3 is 2.72 bits per heavy atom. The summed E-state index contributed by atoms with van der Waals surface area (Å²) in [4.78, 5) is 14.9. The normalized spacial score (nSPS) is 9.83. The average molecular weight is 246 g/mol. The number of nitrogens with zero attached hydrogens (tertiary/aromatic N) is 1. The molecule has 1 heterocycles. The van der Waals surface area contributed by atoms with Gasteiger partial charge in [-0.1, -0.05) is 18.2 Å². The fraction of sp³-hybridized carbons (Fsp3) is 0.0769. The Hall–Kier alpha value is -2.43. The summed E-state index contributed by atoms with van der Waals surface area (Å²) >= 11 is 0. The van der Waals surface area contributed by atoms with Crippen molar-refractivity contribution < 1.29 is 13.9 Å². The van der Waals surface area contributed by atoms with Crippen LogP contribution < -0.4 is 10.1 Å². The summed E-state index contributed by atoms with van der Waals surface area (Å²) in [6.07, 6.45) is 1.31. The van der Waals surface area contributed by atoms with Gasteiger partial charge in [-0.15, -0.1) is 0 Å². The lowest BCUT2D eigenvalue weighted by atomic mass is 10.3. The average Bonchev–Trinajstić information content (AvgIpc) is 2.39. The minimum Gasteiger partial charge on any atom is -0.479 e. The molecule has 0 saturated heterocycles. The van der Waals surface area contributed by atoms with Gasteiger partial charge in [0.25, 0.3) is 11.9 Å². The van der Waals surface area contributed by atoms with E-state index in [9.17, 15) is 9.18 Å². The van der Waals surface area contributed by atoms with Crippen molar-refractivity contribution >= 4 is 11.6 Å². The zero-order valence-electron chi connectivity index (χ0n) is 9.47. The third-order valence-electron chi connectivity index (χ3n) is 2.14. The molecule has 0 saturated carbocycles. The summed E-state index contributed by atoms with van der Waals surface area (Å²) < 4.78 is 18.1. The summed E-state index contributed by atoms with van der Waals surface area (Å²) in [6.45, 7) is -0.266. The number of benzene rings is 1. The summed E-state index contributed by atoms with van der Waals surface area (Å²) in [5.74, 6) is -1.13. The second kappa shape index (κ2) is 5.77. The number of carbonyl (C=O) groups is 1. The molecule has 0 atom stereocenters. The fourth-order valence-corrected chi connectivity index (χ4v) is 1.34. The van der Waals surface area contributed by atoms with Crippen LogP contribution in [0.15, 0.2) is 48.7 Å². The summed E-state index contributed by atoms with van der Waals surface area (Å²) in [5.41, 5.74) is 0.665. The summed E-state index contributed by atoms with van der Waals surface area (Å²) in [5, 5.41) is 2.62. The largest absolute Gasteiger partial charge is 0.479 e. The number of pyridine rings is 1. The van der Waals surface area contributed by atoms with E-state index in [0.717, 1.165) is 0 Å². The number of para-hydroxylation sites is 1. The van der Waals surface area contributed by atoms with Gasteiger partial charge in [0.05, 0.1) is 0 Å². The van der Waals surface area contributed by atoms with Gasteiger partial charge in [0.15, 0.2) is 12.4 Å². The van der Waals surface area contributed by atoms with Crippen LogP contribution in [0.25, 0.3) is 0 Å². The third kappa shape index (κ3) is 3.28. The predicted molar refractivity (Wildman–Crippen MR) is 64.8 cm³/mol. The van der Waals surface area contributed by atoms with Crippen LogP contribution in [0.5, 0.6) is 5.75 Å². The lowest BCUT2D eigenvalue weighted by Crippen LogP contribution is -2.20. The Bertz CT molecular complexity index is 532. The maximum atomic E-state index is 13.1. The molecule has 1 N–H and O–H groups in total. The van der Waals surface area contributed by atoms with Gasteiger partial charge >= 0.3 is 0 Å². The molecule has 4 nitrogen and oxygen atoms in total. The molecular formula is C13H11FN2O2. The van der Waals surface area contributed by atoms with E-state index in [4.69, 9.17) is 4.74 Å². The van der Waals surface area contributed by atoms with Crippen molar-refractivity contribution in [1.82, 2.24) is 4.98 Å². The van der Waals surface area contributed by atoms with E-state index in [-0.39, 0.29) is 18.3 Å². The molecule has 18 heavy (non-hydrogen) atoms. The number of hydrogen-bond acceptors (Lipinski definition) is 3. The van der Waals surface area contributed by atoms with Gasteiger partial charge in [0, 0.05) is 11.9 Å². The minimum absolute atomic E-state index is 0.0410. The van der Waals surface area contributed by atoms with E-state index >= 15 is 0 Å². The molecule has 2 aromatic rings. The van der Waals surface area contributed by atoms with E-state index < -0.39 is 5.95 Å². The first-order chi connectivity index (χ1) is 8.75. The number of anilines is 1. The zero-order chi connectivity index (χ0) is 12.8. The molecule has 0 aliphatic rings. The molecule has 0 radical (unpaired) electrons. The zero-order valence-corrected chi connectivity index (χ0v) is 9.47. The second-order valence-electron chi connectivity index (χ2n) is 3.50. The fourth-order valence-electron chi connectivity index (χ4n) is 1.34. The van der Waals surface area contributed by atoms with E-state index in [1.54, 1.807) is 24.3 Å². The first-order valence-corrected chi connectivity index (χ1v) is 5.34. The number of aromatic nitrogens is 1. The predicted octanol–water partition coefficient (Wildman–Crippen LogP) is 2.24. The van der Waals surface area contributed by atoms with Gasteiger partial charge in [0.1, 0.15) is 0 Å². The SMILES string of the molecule is O=C(COc1cccnc1F)Nc1ccccc1. The Morgan fingerprint density at radius 1 is 1.22 bits per heavy atom. The van der Waals surface area contributed by atoms with E-state index in [0.29, 0.717) is 5.69 Å². The van der Waals surface area contributed by atoms with Crippen molar-refractivity contribution in [2.24, 2.45) is 0 Å². The van der Waals surface area contributed by atoms with Crippen LogP contribution in [-0.2, 0) is 4.79 Å². The van der Waals surface area contributed by atoms with Gasteiger partial charge in [0.2, 0.25) is 0 Å². The first kappa shape index (κ1) is 12.0. The highest BCUT2D eigenvalue weighted by Crippen LogP contribution is 2.12. The van der Waals surface area contributed by atoms with Gasteiger partial charge in [-0.05, 0) is 24.3 Å². The first-order valence-electron chi connectivity index (χ1n) is 5.34. The number of amides is 1. The number of halogens is 1. The van der Waals surface area contributed by atoms with E-state index in [1.165, 1.54) is 18.3 Å². The third-order valence-corrected chi connectivity index (χ3v) is 2.14. The van der Waals surface area contributed by atoms with Crippen LogP contribution in [0.1, 0.15) is 0 Å². The highest BCUT2D eigenvalue weighted by molar-refractivity contribution is 5.91. The highest BCUT2D eigenvalue weighted by atomic mass is 19.1. The van der Waals surface area contributed by atoms with Crippen molar-refractivity contribution in [2.45, 2.75) is 0 Å². The molecule has 0 unspecified atom stereocenters. The number of carbonyl (C=O) groups excluding carboxylic acids is 1. The Morgan fingerprint density at radius 2 is 2.00 bits per heavy atom. The Kier molecular flexibility index (Phi) is 3.86. The molecule has 0 aliphatic carbocycles. The molecule has 5 heteroatoms. The van der Waals surface area contributed by atoms with Crippen LogP contribution in [0.4, 0.5) is 10.1 Å². The standard InChI is InChI=1S/C13H11FN2O2/c14-13-11(7-4-8-15-13)18-9-12(17)16-10-5-2-1-3-6-10/h1-8H,9H2,(H,16,17). The highest BCUT2D eigenvalue weighted by Gasteiger charge is 2.07. The van der Waals surface area contributed by atoms with E-state index in [1.807, 2.05) is 6.07 Å². The molecule has 92 valence electrons. The maximum Gasteiger partial charge on any atom is 0.262 e. The molecular weight excluding hydrogens is 235 g/mol. The Balaban J connectivity index is 1.88. The lowest BCUT2D eigenvalue weighted by Gasteiger charge is -2.07. The number of nitrogens with one attached hydrogen (secondary N) is 1. The van der Waals surface area contributed by atoms with Crippen LogP contribution in [0.3, 0.4) is 0 Å². The molecule has 0 fully saturated rings. The number of rotatable bonds is 4. The molecule has 1 amide bonds. The summed E-state index contributed by atoms with van der Waals surface area (Å²) in [7, 11) is 0. The summed E-state index contributed by atoms with van der Waals surface area (Å²) in [6, 6.07) is 11.9. The van der Waals surface area contributed by atoms with Crippen LogP contribution in [0.2, 0.25) is 0 Å². The smallest absolute Gasteiger partial charge is 0.262 e. The van der Waals surface area contributed by atoms with E-state index in [2.05, 4.69) is 10.3 Å². The van der Waals surface area contributed by atoms with Crippen molar-refractivity contribution in [3.8, 4) is 5.75 Å². The quantitative estimate of drug-likeness (QED) is 0.842. The molecule has 1 aromatic heterocycles. The Labute approximate surface area is 103 Å². The molecule has 1 aromatic carbocycles. The molecule has 2 rings (SSSR count). The van der Waals surface area contributed by atoms with Crippen LogP contribution in [0, 0.1) is 5.95 Å². The lowest BCUT2D eigenvalue weighted by molar-refractivity contribution is -0.118. The van der Waals surface area contributed by atoms with Crippen molar-refractivity contribution in [3.05, 3.63) is 54.6 Å². The number of ether oxygens (including phenoxy) is 1. The molecule has 0 aliphatic heterocycles. The van der Waals surface area contributed by atoms with Gasteiger partial charge < -0.3 is 10.1 Å². The van der Waals surface area contributed by atoms with Gasteiger partial charge in [-0.3, -0.25) is 4.79 Å². The molecule has 0 bridgehead atoms. The number of hydrogen-bond donors (Lipinski definition) is 1. The second-order valence-corrected chi connectivity index (χ2v) is 3.50. The van der Waals surface area contributed by atoms with Gasteiger partial charge in [-0.25, -0.2) is 4.98 Å². The van der Waals surface area contributed by atoms with Gasteiger partial charge in [-0.2, -0.15) is 4.39 Å². The van der Waals surface area contributed by atoms with Crippen LogP contribution >= 0.6 is 0 Å². The van der Waals surface area contributed by atoms with Crippen LogP contribution in [-0.4, -0.2) is 17.5 Å². The monoisotopic (exact) mass is 246 g/mol. The molecule has 0 spiro atoms. The van der Waals surface area contributed by atoms with Crippen molar-refractivity contribution in [3.63, 3.8) is 0 Å². The maximum absolute atomic E-state index is 13.1. The minimum atomic E-state index is -0.731. The van der Waals surface area contributed by atoms with Crippen molar-refractivity contribution in [2.75, 3.05) is 11.9 Å². The van der Waals surface area contributed by atoms with Crippen molar-refractivity contribution in [1.29, 1.82) is 0 Å². The topological polar surface area (TPSA) is 51.2 Å².